The SMILES string of the molecule is CC1c2cccn2CCN1Cc1nc(-c2cccs2)no1. The molecule has 0 saturated carbocycles. The van der Waals surface area contributed by atoms with E-state index in [2.05, 4.69) is 44.9 Å². The lowest BCUT2D eigenvalue weighted by Crippen LogP contribution is -2.35. The molecule has 0 radical (unpaired) electrons. The van der Waals surface area contributed by atoms with Gasteiger partial charge in [0.05, 0.1) is 11.4 Å². The van der Waals surface area contributed by atoms with E-state index in [4.69, 9.17) is 4.52 Å². The molecule has 6 heteroatoms. The standard InChI is InChI=1S/C15H16N4OS/c1-11-12-4-2-6-18(12)7-8-19(11)10-14-16-15(17-20-14)13-5-3-9-21-13/h2-6,9,11H,7-8,10H2,1H3. The Morgan fingerprint density at radius 1 is 1.33 bits per heavy atom. The minimum absolute atomic E-state index is 0.367. The van der Waals surface area contributed by atoms with E-state index in [1.165, 1.54) is 5.69 Å². The molecule has 4 heterocycles. The van der Waals surface area contributed by atoms with Gasteiger partial charge in [0.25, 0.3) is 0 Å². The maximum absolute atomic E-state index is 5.41. The van der Waals surface area contributed by atoms with Crippen LogP contribution >= 0.6 is 11.3 Å². The van der Waals surface area contributed by atoms with Gasteiger partial charge in [0.15, 0.2) is 0 Å². The van der Waals surface area contributed by atoms with Gasteiger partial charge >= 0.3 is 0 Å². The van der Waals surface area contributed by atoms with E-state index in [0.29, 0.717) is 24.3 Å². The fraction of sp³-hybridized carbons (Fsp3) is 0.333. The number of rotatable bonds is 3. The molecule has 5 nitrogen and oxygen atoms in total. The average Bonchev–Trinajstić information content (AvgIpc) is 3.21. The van der Waals surface area contributed by atoms with Crippen molar-refractivity contribution in [2.45, 2.75) is 26.1 Å². The molecule has 3 aromatic rings. The Kier molecular flexibility index (Phi) is 3.12. The van der Waals surface area contributed by atoms with Crippen LogP contribution < -0.4 is 0 Å². The van der Waals surface area contributed by atoms with Gasteiger partial charge < -0.3 is 9.09 Å². The highest BCUT2D eigenvalue weighted by molar-refractivity contribution is 7.13. The van der Waals surface area contributed by atoms with Crippen molar-refractivity contribution in [3.8, 4) is 10.7 Å². The van der Waals surface area contributed by atoms with Gasteiger partial charge in [-0.1, -0.05) is 11.2 Å². The lowest BCUT2D eigenvalue weighted by Gasteiger charge is -2.33. The third-order valence-electron chi connectivity index (χ3n) is 4.02. The first kappa shape index (κ1) is 12.8. The molecule has 0 amide bonds. The molecule has 0 aromatic carbocycles. The van der Waals surface area contributed by atoms with E-state index >= 15 is 0 Å². The van der Waals surface area contributed by atoms with Crippen molar-refractivity contribution in [3.63, 3.8) is 0 Å². The fourth-order valence-corrected chi connectivity index (χ4v) is 3.49. The van der Waals surface area contributed by atoms with Gasteiger partial charge in [0.1, 0.15) is 0 Å². The van der Waals surface area contributed by atoms with E-state index in [9.17, 15) is 0 Å². The monoisotopic (exact) mass is 300 g/mol. The van der Waals surface area contributed by atoms with Crippen LogP contribution in [0, 0.1) is 0 Å². The van der Waals surface area contributed by atoms with Crippen molar-refractivity contribution >= 4 is 11.3 Å². The second-order valence-electron chi connectivity index (χ2n) is 5.26. The van der Waals surface area contributed by atoms with Crippen LogP contribution in [0.1, 0.15) is 24.6 Å². The molecule has 1 atom stereocenters. The van der Waals surface area contributed by atoms with Gasteiger partial charge in [-0.25, -0.2) is 0 Å². The van der Waals surface area contributed by atoms with Crippen LogP contribution in [0.15, 0.2) is 40.4 Å². The molecule has 0 N–H and O–H groups in total. The third kappa shape index (κ3) is 2.30. The molecule has 1 unspecified atom stereocenters. The predicted octanol–water partition coefficient (Wildman–Crippen LogP) is 3.18. The van der Waals surface area contributed by atoms with Gasteiger partial charge in [-0.3, -0.25) is 4.90 Å². The summed E-state index contributed by atoms with van der Waals surface area (Å²) in [6.45, 7) is 4.93. The summed E-state index contributed by atoms with van der Waals surface area (Å²) in [7, 11) is 0. The lowest BCUT2D eigenvalue weighted by molar-refractivity contribution is 0.141. The first-order valence-corrected chi connectivity index (χ1v) is 7.95. The third-order valence-corrected chi connectivity index (χ3v) is 4.88. The van der Waals surface area contributed by atoms with Crippen molar-refractivity contribution in [3.05, 3.63) is 47.4 Å². The van der Waals surface area contributed by atoms with E-state index in [-0.39, 0.29) is 0 Å². The van der Waals surface area contributed by atoms with Gasteiger partial charge in [-0.2, -0.15) is 4.98 Å². The number of hydrogen-bond acceptors (Lipinski definition) is 5. The largest absolute Gasteiger partial charge is 0.349 e. The van der Waals surface area contributed by atoms with Crippen molar-refractivity contribution in [2.24, 2.45) is 0 Å². The molecule has 0 fully saturated rings. The molecule has 1 aliphatic heterocycles. The second kappa shape index (κ2) is 5.13. The molecular formula is C15H16N4OS. The van der Waals surface area contributed by atoms with E-state index in [1.807, 2.05) is 17.5 Å². The van der Waals surface area contributed by atoms with Gasteiger partial charge in [0.2, 0.25) is 11.7 Å². The Labute approximate surface area is 126 Å². The van der Waals surface area contributed by atoms with Crippen LogP contribution in [0.5, 0.6) is 0 Å². The summed E-state index contributed by atoms with van der Waals surface area (Å²) in [6, 6.07) is 8.66. The zero-order chi connectivity index (χ0) is 14.2. The highest BCUT2D eigenvalue weighted by Crippen LogP contribution is 2.27. The lowest BCUT2D eigenvalue weighted by atomic mass is 10.1. The van der Waals surface area contributed by atoms with Gasteiger partial charge in [-0.15, -0.1) is 11.3 Å². The van der Waals surface area contributed by atoms with Crippen LogP contribution in [-0.4, -0.2) is 26.2 Å². The molecule has 0 spiro atoms. The number of hydrogen-bond donors (Lipinski definition) is 0. The van der Waals surface area contributed by atoms with E-state index < -0.39 is 0 Å². The summed E-state index contributed by atoms with van der Waals surface area (Å²) in [4.78, 5) is 7.93. The van der Waals surface area contributed by atoms with Crippen molar-refractivity contribution in [1.82, 2.24) is 19.6 Å². The average molecular weight is 300 g/mol. The first-order valence-electron chi connectivity index (χ1n) is 7.07. The Hall–Kier alpha value is -1.92. The molecule has 0 saturated heterocycles. The number of nitrogens with zero attached hydrogens (tertiary/aromatic N) is 4. The smallest absolute Gasteiger partial charge is 0.241 e. The molecule has 4 rings (SSSR count). The summed E-state index contributed by atoms with van der Waals surface area (Å²) in [5, 5.41) is 6.10. The Bertz CT molecular complexity index is 731. The van der Waals surface area contributed by atoms with Gasteiger partial charge in [-0.05, 0) is 30.5 Å². The quantitative estimate of drug-likeness (QED) is 0.745. The number of fused-ring (bicyclic) bond motifs is 1. The number of thiophene rings is 1. The maximum atomic E-state index is 5.41. The molecule has 108 valence electrons. The fourth-order valence-electron chi connectivity index (χ4n) is 2.84. The molecule has 0 bridgehead atoms. The normalized spacial score (nSPS) is 18.8. The molecule has 0 aliphatic carbocycles. The van der Waals surface area contributed by atoms with Crippen molar-refractivity contribution in [1.29, 1.82) is 0 Å². The summed E-state index contributed by atoms with van der Waals surface area (Å²) in [5.74, 6) is 1.37. The summed E-state index contributed by atoms with van der Waals surface area (Å²) < 4.78 is 7.72. The van der Waals surface area contributed by atoms with Crippen molar-refractivity contribution in [2.75, 3.05) is 6.54 Å². The Balaban J connectivity index is 1.52. The summed E-state index contributed by atoms with van der Waals surface area (Å²) in [6.07, 6.45) is 2.14. The zero-order valence-corrected chi connectivity index (χ0v) is 12.6. The first-order chi connectivity index (χ1) is 10.3. The predicted molar refractivity (Wildman–Crippen MR) is 80.9 cm³/mol. The van der Waals surface area contributed by atoms with Crippen LogP contribution in [0.3, 0.4) is 0 Å². The van der Waals surface area contributed by atoms with Crippen LogP contribution in [-0.2, 0) is 13.1 Å². The molecule has 3 aromatic heterocycles. The topological polar surface area (TPSA) is 47.1 Å². The molecule has 1 aliphatic rings. The van der Waals surface area contributed by atoms with Gasteiger partial charge in [0, 0.05) is 31.0 Å². The minimum atomic E-state index is 0.367. The Morgan fingerprint density at radius 3 is 3.14 bits per heavy atom. The number of aromatic nitrogens is 3. The zero-order valence-electron chi connectivity index (χ0n) is 11.8. The van der Waals surface area contributed by atoms with Crippen LogP contribution in [0.25, 0.3) is 10.7 Å². The van der Waals surface area contributed by atoms with Crippen LogP contribution in [0.4, 0.5) is 0 Å². The molecular weight excluding hydrogens is 284 g/mol. The van der Waals surface area contributed by atoms with Crippen molar-refractivity contribution < 1.29 is 4.52 Å². The maximum Gasteiger partial charge on any atom is 0.241 e. The second-order valence-corrected chi connectivity index (χ2v) is 6.21. The highest BCUT2D eigenvalue weighted by atomic mass is 32.1. The molecule has 21 heavy (non-hydrogen) atoms. The highest BCUT2D eigenvalue weighted by Gasteiger charge is 2.25. The summed E-state index contributed by atoms with van der Waals surface area (Å²) in [5.41, 5.74) is 1.35. The van der Waals surface area contributed by atoms with Crippen LogP contribution in [0.2, 0.25) is 0 Å². The van der Waals surface area contributed by atoms with E-state index in [0.717, 1.165) is 18.0 Å². The van der Waals surface area contributed by atoms with E-state index in [1.54, 1.807) is 11.3 Å². The summed E-state index contributed by atoms with van der Waals surface area (Å²) >= 11 is 1.63. The Morgan fingerprint density at radius 2 is 2.29 bits per heavy atom. The minimum Gasteiger partial charge on any atom is -0.349 e.